The fourth-order valence-electron chi connectivity index (χ4n) is 1.88. The quantitative estimate of drug-likeness (QED) is 0.764. The van der Waals surface area contributed by atoms with E-state index in [0.717, 1.165) is 16.9 Å². The number of carbonyl (C=O) groups is 1. The summed E-state index contributed by atoms with van der Waals surface area (Å²) < 4.78 is 0. The molecule has 1 aromatic carbocycles. The molecule has 20 heavy (non-hydrogen) atoms. The molecule has 98 valence electrons. The minimum absolute atomic E-state index is 0.181. The van der Waals surface area contributed by atoms with Crippen molar-refractivity contribution >= 4 is 11.6 Å². The average Bonchev–Trinajstić information content (AvgIpc) is 3.03. The lowest BCUT2D eigenvalue weighted by molar-refractivity contribution is 0.102. The summed E-state index contributed by atoms with van der Waals surface area (Å²) in [5.41, 5.74) is 3.12. The number of anilines is 1. The van der Waals surface area contributed by atoms with Crippen molar-refractivity contribution in [1.82, 2.24) is 15.0 Å². The summed E-state index contributed by atoms with van der Waals surface area (Å²) in [6.07, 6.45) is 6.53. The molecule has 3 rings (SSSR count). The number of carbonyl (C=O) groups excluding carboxylic acids is 1. The summed E-state index contributed by atoms with van der Waals surface area (Å²) in [7, 11) is 0. The number of aromatic amines is 1. The first kappa shape index (κ1) is 12.1. The van der Waals surface area contributed by atoms with Gasteiger partial charge in [0.05, 0.1) is 23.8 Å². The predicted molar refractivity (Wildman–Crippen MR) is 76.2 cm³/mol. The molecule has 3 aromatic rings. The number of pyridine rings is 1. The zero-order valence-electron chi connectivity index (χ0n) is 10.6. The molecule has 0 unspecified atom stereocenters. The van der Waals surface area contributed by atoms with Gasteiger partial charge >= 0.3 is 0 Å². The third kappa shape index (κ3) is 2.56. The van der Waals surface area contributed by atoms with E-state index in [1.807, 2.05) is 24.3 Å². The van der Waals surface area contributed by atoms with Crippen molar-refractivity contribution in [3.8, 4) is 11.3 Å². The molecule has 0 aliphatic rings. The van der Waals surface area contributed by atoms with Gasteiger partial charge in [-0.3, -0.25) is 9.78 Å². The highest BCUT2D eigenvalue weighted by Gasteiger charge is 2.06. The van der Waals surface area contributed by atoms with Crippen molar-refractivity contribution in [2.24, 2.45) is 0 Å². The molecular weight excluding hydrogens is 252 g/mol. The van der Waals surface area contributed by atoms with Gasteiger partial charge in [-0.25, -0.2) is 4.98 Å². The fraction of sp³-hybridized carbons (Fsp3) is 0. The number of hydrogen-bond acceptors (Lipinski definition) is 3. The molecule has 0 bridgehead atoms. The molecule has 0 atom stereocenters. The van der Waals surface area contributed by atoms with Crippen LogP contribution in [0, 0.1) is 0 Å². The lowest BCUT2D eigenvalue weighted by Crippen LogP contribution is -2.11. The van der Waals surface area contributed by atoms with Crippen LogP contribution < -0.4 is 5.32 Å². The second-order valence-corrected chi connectivity index (χ2v) is 4.24. The Labute approximate surface area is 115 Å². The number of imidazole rings is 1. The normalized spacial score (nSPS) is 10.2. The highest BCUT2D eigenvalue weighted by atomic mass is 16.1. The maximum absolute atomic E-state index is 12.0. The molecule has 0 saturated carbocycles. The second-order valence-electron chi connectivity index (χ2n) is 4.24. The molecule has 0 aliphatic carbocycles. The van der Waals surface area contributed by atoms with Crippen LogP contribution in [-0.2, 0) is 0 Å². The van der Waals surface area contributed by atoms with Gasteiger partial charge in [-0.1, -0.05) is 12.1 Å². The van der Waals surface area contributed by atoms with Gasteiger partial charge in [-0.15, -0.1) is 0 Å². The Bertz CT molecular complexity index is 708. The third-order valence-corrected chi connectivity index (χ3v) is 2.85. The van der Waals surface area contributed by atoms with Gasteiger partial charge in [0.2, 0.25) is 0 Å². The van der Waals surface area contributed by atoms with Crippen LogP contribution in [0.2, 0.25) is 0 Å². The number of hydrogen-bond donors (Lipinski definition) is 2. The number of nitrogens with zero attached hydrogens (tertiary/aromatic N) is 2. The Balaban J connectivity index is 1.82. The Kier molecular flexibility index (Phi) is 3.24. The zero-order chi connectivity index (χ0) is 13.8. The first-order chi connectivity index (χ1) is 9.83. The summed E-state index contributed by atoms with van der Waals surface area (Å²) in [6.45, 7) is 0. The van der Waals surface area contributed by atoms with E-state index in [1.54, 1.807) is 30.9 Å². The number of rotatable bonds is 3. The Morgan fingerprint density at radius 1 is 1.10 bits per heavy atom. The van der Waals surface area contributed by atoms with Crippen LogP contribution in [0.4, 0.5) is 5.69 Å². The summed E-state index contributed by atoms with van der Waals surface area (Å²) in [5.74, 6) is -0.181. The SMILES string of the molecule is O=C(Nc1cccc(-c2cnc[nH]2)c1)c1cccnc1. The molecule has 0 radical (unpaired) electrons. The van der Waals surface area contributed by atoms with Crippen LogP contribution in [0.1, 0.15) is 10.4 Å². The van der Waals surface area contributed by atoms with Crippen LogP contribution >= 0.6 is 0 Å². The summed E-state index contributed by atoms with van der Waals surface area (Å²) in [4.78, 5) is 23.0. The summed E-state index contributed by atoms with van der Waals surface area (Å²) in [5, 5.41) is 2.85. The maximum Gasteiger partial charge on any atom is 0.257 e. The lowest BCUT2D eigenvalue weighted by Gasteiger charge is -2.06. The van der Waals surface area contributed by atoms with Gasteiger partial charge in [0.15, 0.2) is 0 Å². The van der Waals surface area contributed by atoms with Crippen molar-refractivity contribution in [1.29, 1.82) is 0 Å². The number of nitrogens with one attached hydrogen (secondary N) is 2. The van der Waals surface area contributed by atoms with Crippen LogP contribution in [0.25, 0.3) is 11.3 Å². The van der Waals surface area contributed by atoms with E-state index in [1.165, 1.54) is 6.20 Å². The largest absolute Gasteiger partial charge is 0.345 e. The third-order valence-electron chi connectivity index (χ3n) is 2.85. The molecule has 0 saturated heterocycles. The zero-order valence-corrected chi connectivity index (χ0v) is 10.6. The van der Waals surface area contributed by atoms with E-state index in [-0.39, 0.29) is 5.91 Å². The minimum Gasteiger partial charge on any atom is -0.345 e. The van der Waals surface area contributed by atoms with Crippen LogP contribution in [0.15, 0.2) is 61.3 Å². The van der Waals surface area contributed by atoms with E-state index in [0.29, 0.717) is 5.56 Å². The number of aromatic nitrogens is 3. The van der Waals surface area contributed by atoms with Gasteiger partial charge in [0.1, 0.15) is 0 Å². The molecule has 2 aromatic heterocycles. The van der Waals surface area contributed by atoms with Gasteiger partial charge in [0.25, 0.3) is 5.91 Å². The number of H-pyrrole nitrogens is 1. The number of amides is 1. The summed E-state index contributed by atoms with van der Waals surface area (Å²) in [6, 6.07) is 11.0. The minimum atomic E-state index is -0.181. The summed E-state index contributed by atoms with van der Waals surface area (Å²) >= 11 is 0. The molecule has 0 aliphatic heterocycles. The molecule has 5 nitrogen and oxygen atoms in total. The van der Waals surface area contributed by atoms with Crippen molar-refractivity contribution in [2.75, 3.05) is 5.32 Å². The number of benzene rings is 1. The fourth-order valence-corrected chi connectivity index (χ4v) is 1.88. The van der Waals surface area contributed by atoms with Gasteiger partial charge in [-0.05, 0) is 24.3 Å². The second kappa shape index (κ2) is 5.36. The molecule has 0 spiro atoms. The molecule has 0 fully saturated rings. The molecular formula is C15H12N4O. The molecule has 5 heteroatoms. The van der Waals surface area contributed by atoms with Gasteiger partial charge in [0, 0.05) is 23.6 Å². The monoisotopic (exact) mass is 264 g/mol. The first-order valence-electron chi connectivity index (χ1n) is 6.13. The highest BCUT2D eigenvalue weighted by Crippen LogP contribution is 2.20. The van der Waals surface area contributed by atoms with Crippen molar-refractivity contribution < 1.29 is 4.79 Å². The van der Waals surface area contributed by atoms with E-state index in [2.05, 4.69) is 20.3 Å². The predicted octanol–water partition coefficient (Wildman–Crippen LogP) is 2.72. The Morgan fingerprint density at radius 2 is 2.05 bits per heavy atom. The van der Waals surface area contributed by atoms with Crippen LogP contribution in [0.5, 0.6) is 0 Å². The van der Waals surface area contributed by atoms with Gasteiger partial charge < -0.3 is 10.3 Å². The van der Waals surface area contributed by atoms with Crippen LogP contribution in [-0.4, -0.2) is 20.9 Å². The standard InChI is InChI=1S/C15H12N4O/c20-15(12-4-2-6-16-8-12)19-13-5-1-3-11(7-13)14-9-17-10-18-14/h1-10H,(H,17,18)(H,19,20). The smallest absolute Gasteiger partial charge is 0.257 e. The lowest BCUT2D eigenvalue weighted by atomic mass is 10.1. The van der Waals surface area contributed by atoms with E-state index in [4.69, 9.17) is 0 Å². The van der Waals surface area contributed by atoms with Crippen LogP contribution in [0.3, 0.4) is 0 Å². The van der Waals surface area contributed by atoms with Crippen molar-refractivity contribution in [2.45, 2.75) is 0 Å². The van der Waals surface area contributed by atoms with Crippen molar-refractivity contribution in [3.05, 3.63) is 66.9 Å². The van der Waals surface area contributed by atoms with E-state index in [9.17, 15) is 4.79 Å². The highest BCUT2D eigenvalue weighted by molar-refractivity contribution is 6.04. The first-order valence-corrected chi connectivity index (χ1v) is 6.13. The van der Waals surface area contributed by atoms with E-state index < -0.39 is 0 Å². The van der Waals surface area contributed by atoms with Crippen molar-refractivity contribution in [3.63, 3.8) is 0 Å². The molecule has 1 amide bonds. The molecule has 2 heterocycles. The maximum atomic E-state index is 12.0. The topological polar surface area (TPSA) is 70.7 Å². The average molecular weight is 264 g/mol. The van der Waals surface area contributed by atoms with Gasteiger partial charge in [-0.2, -0.15) is 0 Å². The Hall–Kier alpha value is -2.95. The molecule has 2 N–H and O–H groups in total. The Morgan fingerprint density at radius 3 is 2.80 bits per heavy atom. The van der Waals surface area contributed by atoms with E-state index >= 15 is 0 Å².